The molecule has 5 rings (SSSR count). The number of hydrogen-bond acceptors (Lipinski definition) is 3. The molecule has 4 heteroatoms. The van der Waals surface area contributed by atoms with Crippen LogP contribution in [0.3, 0.4) is 0 Å². The lowest BCUT2D eigenvalue weighted by Gasteiger charge is -2.25. The van der Waals surface area contributed by atoms with Gasteiger partial charge in [-0.05, 0) is 61.9 Å². The summed E-state index contributed by atoms with van der Waals surface area (Å²) in [5.41, 5.74) is 5.55. The van der Waals surface area contributed by atoms with E-state index in [0.29, 0.717) is 12.5 Å². The second-order valence-electron chi connectivity index (χ2n) is 7.79. The van der Waals surface area contributed by atoms with Gasteiger partial charge in [-0.1, -0.05) is 41.3 Å². The quantitative estimate of drug-likeness (QED) is 0.642. The van der Waals surface area contributed by atoms with Crippen LogP contribution in [0.4, 0.5) is 0 Å². The number of para-hydroxylation sites is 1. The highest BCUT2D eigenvalue weighted by atomic mass is 16.5. The van der Waals surface area contributed by atoms with Gasteiger partial charge in [0.1, 0.15) is 17.5 Å². The second kappa shape index (κ2) is 7.16. The summed E-state index contributed by atoms with van der Waals surface area (Å²) in [7, 11) is 0. The van der Waals surface area contributed by atoms with Gasteiger partial charge in [0.05, 0.1) is 12.7 Å². The van der Waals surface area contributed by atoms with Crippen molar-refractivity contribution < 1.29 is 4.74 Å². The molecule has 2 heterocycles. The molecule has 1 saturated carbocycles. The summed E-state index contributed by atoms with van der Waals surface area (Å²) in [5, 5.41) is 8.73. The van der Waals surface area contributed by atoms with Crippen LogP contribution >= 0.6 is 0 Å². The zero-order chi connectivity index (χ0) is 18.9. The average Bonchev–Trinajstić information content (AvgIpc) is 3.44. The van der Waals surface area contributed by atoms with Gasteiger partial charge in [-0.2, -0.15) is 0 Å². The third-order valence-corrected chi connectivity index (χ3v) is 5.43. The molecule has 140 valence electrons. The van der Waals surface area contributed by atoms with Gasteiger partial charge >= 0.3 is 0 Å². The molecule has 0 spiro atoms. The molecule has 1 fully saturated rings. The number of ether oxygens (including phenoxy) is 1. The Kier molecular flexibility index (Phi) is 4.37. The standard InChI is InChI=1S/C24H23N3O/c1-17-14-19(9-8-18-6-7-18)10-13-22(17)23-16-27(26-25-23)15-21-12-11-20-4-2-3-5-24(20)28-21/h2-5,10,13-14,16,18,21H,6-7,11-12,15H2,1H3. The first kappa shape index (κ1) is 17.1. The number of benzene rings is 2. The predicted octanol–water partition coefficient (Wildman–Crippen LogP) is 4.41. The second-order valence-corrected chi connectivity index (χ2v) is 7.79. The van der Waals surface area contributed by atoms with Crippen molar-refractivity contribution in [3.05, 3.63) is 65.4 Å². The van der Waals surface area contributed by atoms with E-state index in [1.165, 1.54) is 24.0 Å². The van der Waals surface area contributed by atoms with E-state index >= 15 is 0 Å². The van der Waals surface area contributed by atoms with Crippen LogP contribution in [0, 0.1) is 24.7 Å². The summed E-state index contributed by atoms with van der Waals surface area (Å²) in [6.07, 6.45) is 6.70. The van der Waals surface area contributed by atoms with Crippen LogP contribution in [-0.4, -0.2) is 21.1 Å². The van der Waals surface area contributed by atoms with Crippen LogP contribution in [0.5, 0.6) is 5.75 Å². The van der Waals surface area contributed by atoms with E-state index in [-0.39, 0.29) is 6.10 Å². The Bertz CT molecular complexity index is 1070. The summed E-state index contributed by atoms with van der Waals surface area (Å²) in [6.45, 7) is 2.82. The molecule has 0 radical (unpaired) electrons. The molecule has 4 nitrogen and oxygen atoms in total. The molecule has 1 atom stereocenters. The molecule has 3 aromatic rings. The summed E-state index contributed by atoms with van der Waals surface area (Å²) in [6, 6.07) is 14.6. The van der Waals surface area contributed by atoms with Gasteiger partial charge in [0.2, 0.25) is 0 Å². The Morgan fingerprint density at radius 1 is 1.14 bits per heavy atom. The number of nitrogens with zero attached hydrogens (tertiary/aromatic N) is 3. The van der Waals surface area contributed by atoms with Crippen molar-refractivity contribution in [2.24, 2.45) is 5.92 Å². The molecular formula is C24H23N3O. The lowest BCUT2D eigenvalue weighted by atomic mass is 10.0. The maximum absolute atomic E-state index is 6.14. The van der Waals surface area contributed by atoms with Crippen LogP contribution in [0.15, 0.2) is 48.7 Å². The fourth-order valence-electron chi connectivity index (χ4n) is 3.67. The summed E-state index contributed by atoms with van der Waals surface area (Å²) in [4.78, 5) is 0. The number of aromatic nitrogens is 3. The van der Waals surface area contributed by atoms with Crippen molar-refractivity contribution in [1.29, 1.82) is 0 Å². The fraction of sp³-hybridized carbons (Fsp3) is 0.333. The number of hydrogen-bond donors (Lipinski definition) is 0. The van der Waals surface area contributed by atoms with Crippen LogP contribution < -0.4 is 4.74 Å². The summed E-state index contributed by atoms with van der Waals surface area (Å²) >= 11 is 0. The molecule has 0 saturated heterocycles. The monoisotopic (exact) mass is 369 g/mol. The van der Waals surface area contributed by atoms with Crippen molar-refractivity contribution >= 4 is 0 Å². The van der Waals surface area contributed by atoms with E-state index in [1.54, 1.807) is 0 Å². The average molecular weight is 369 g/mol. The Labute approximate surface area is 165 Å². The Morgan fingerprint density at radius 2 is 2.04 bits per heavy atom. The third-order valence-electron chi connectivity index (χ3n) is 5.43. The minimum atomic E-state index is 0.130. The van der Waals surface area contributed by atoms with E-state index in [9.17, 15) is 0 Å². The van der Waals surface area contributed by atoms with E-state index in [4.69, 9.17) is 4.74 Å². The molecule has 0 N–H and O–H groups in total. The third kappa shape index (κ3) is 3.66. The van der Waals surface area contributed by atoms with Gasteiger partial charge in [-0.3, -0.25) is 0 Å². The highest BCUT2D eigenvalue weighted by molar-refractivity contribution is 5.64. The number of aryl methyl sites for hydroxylation is 2. The van der Waals surface area contributed by atoms with Crippen LogP contribution in [-0.2, 0) is 13.0 Å². The van der Waals surface area contributed by atoms with Crippen molar-refractivity contribution in [2.75, 3.05) is 0 Å². The first-order valence-electron chi connectivity index (χ1n) is 10.0. The van der Waals surface area contributed by atoms with E-state index in [1.807, 2.05) is 23.0 Å². The number of rotatable bonds is 3. The first-order chi connectivity index (χ1) is 13.7. The van der Waals surface area contributed by atoms with Crippen LogP contribution in [0.1, 0.15) is 36.0 Å². The van der Waals surface area contributed by atoms with Crippen LogP contribution in [0.25, 0.3) is 11.3 Å². The minimum absolute atomic E-state index is 0.130. The molecule has 1 unspecified atom stereocenters. The highest BCUT2D eigenvalue weighted by Crippen LogP contribution is 2.29. The molecular weight excluding hydrogens is 346 g/mol. The smallest absolute Gasteiger partial charge is 0.123 e. The lowest BCUT2D eigenvalue weighted by Crippen LogP contribution is -2.27. The van der Waals surface area contributed by atoms with Gasteiger partial charge in [-0.15, -0.1) is 5.10 Å². The molecule has 1 aliphatic carbocycles. The Hall–Kier alpha value is -3.06. The van der Waals surface area contributed by atoms with E-state index in [2.05, 4.69) is 59.4 Å². The number of fused-ring (bicyclic) bond motifs is 1. The van der Waals surface area contributed by atoms with Crippen LogP contribution in [0.2, 0.25) is 0 Å². The zero-order valence-corrected chi connectivity index (χ0v) is 16.1. The van der Waals surface area contributed by atoms with Gasteiger partial charge in [-0.25, -0.2) is 4.68 Å². The lowest BCUT2D eigenvalue weighted by molar-refractivity contribution is 0.149. The highest BCUT2D eigenvalue weighted by Gasteiger charge is 2.20. The minimum Gasteiger partial charge on any atom is -0.488 e. The fourth-order valence-corrected chi connectivity index (χ4v) is 3.67. The maximum atomic E-state index is 6.14. The van der Waals surface area contributed by atoms with E-state index < -0.39 is 0 Å². The van der Waals surface area contributed by atoms with E-state index in [0.717, 1.165) is 35.4 Å². The first-order valence-corrected chi connectivity index (χ1v) is 10.0. The molecule has 28 heavy (non-hydrogen) atoms. The summed E-state index contributed by atoms with van der Waals surface area (Å²) in [5.74, 6) is 8.22. The molecule has 2 aromatic carbocycles. The van der Waals surface area contributed by atoms with Gasteiger partial charge in [0.15, 0.2) is 0 Å². The SMILES string of the molecule is Cc1cc(C#CC2CC2)ccc1-c1cn(CC2CCc3ccccc3O2)nn1. The van der Waals surface area contributed by atoms with Crippen molar-refractivity contribution in [1.82, 2.24) is 15.0 Å². The van der Waals surface area contributed by atoms with Crippen molar-refractivity contribution in [3.63, 3.8) is 0 Å². The molecule has 2 aliphatic rings. The maximum Gasteiger partial charge on any atom is 0.123 e. The molecule has 0 amide bonds. The topological polar surface area (TPSA) is 39.9 Å². The summed E-state index contributed by atoms with van der Waals surface area (Å²) < 4.78 is 8.03. The Balaban J connectivity index is 1.29. The predicted molar refractivity (Wildman–Crippen MR) is 109 cm³/mol. The molecule has 0 bridgehead atoms. The van der Waals surface area contributed by atoms with Gasteiger partial charge in [0, 0.05) is 17.0 Å². The Morgan fingerprint density at radius 3 is 2.89 bits per heavy atom. The molecule has 1 aromatic heterocycles. The van der Waals surface area contributed by atoms with Gasteiger partial charge in [0.25, 0.3) is 0 Å². The largest absolute Gasteiger partial charge is 0.488 e. The van der Waals surface area contributed by atoms with Crippen molar-refractivity contribution in [3.8, 4) is 28.8 Å². The van der Waals surface area contributed by atoms with Gasteiger partial charge < -0.3 is 4.74 Å². The van der Waals surface area contributed by atoms with Crippen molar-refractivity contribution in [2.45, 2.75) is 45.3 Å². The molecule has 1 aliphatic heterocycles. The normalized spacial score (nSPS) is 18.0. The zero-order valence-electron chi connectivity index (χ0n) is 16.1.